The first-order valence-corrected chi connectivity index (χ1v) is 7.67. The topological polar surface area (TPSA) is 59.8 Å². The van der Waals surface area contributed by atoms with E-state index in [1.807, 2.05) is 30.5 Å². The molecule has 0 fully saturated rings. The van der Waals surface area contributed by atoms with E-state index in [2.05, 4.69) is 15.4 Å². The maximum atomic E-state index is 13.1. The predicted octanol–water partition coefficient (Wildman–Crippen LogP) is 2.66. The van der Waals surface area contributed by atoms with E-state index in [0.29, 0.717) is 25.2 Å². The first kappa shape index (κ1) is 15.9. The van der Waals surface area contributed by atoms with E-state index < -0.39 is 0 Å². The summed E-state index contributed by atoms with van der Waals surface area (Å²) >= 11 is 0. The SMILES string of the molecule is O=C(CCc1cccc(F)c1)NCc1ccnc(-n2cccn2)c1. The lowest BCUT2D eigenvalue weighted by atomic mass is 10.1. The Morgan fingerprint density at radius 1 is 1.12 bits per heavy atom. The highest BCUT2D eigenvalue weighted by atomic mass is 19.1. The minimum Gasteiger partial charge on any atom is -0.352 e. The van der Waals surface area contributed by atoms with E-state index in [1.54, 1.807) is 23.1 Å². The molecule has 2 aromatic heterocycles. The van der Waals surface area contributed by atoms with Crippen molar-refractivity contribution < 1.29 is 9.18 Å². The largest absolute Gasteiger partial charge is 0.352 e. The van der Waals surface area contributed by atoms with Crippen LogP contribution in [-0.4, -0.2) is 20.7 Å². The zero-order chi connectivity index (χ0) is 16.8. The summed E-state index contributed by atoms with van der Waals surface area (Å²) in [5, 5.41) is 7.00. The molecule has 3 rings (SSSR count). The van der Waals surface area contributed by atoms with Crippen LogP contribution < -0.4 is 5.32 Å². The number of nitrogens with one attached hydrogen (secondary N) is 1. The standard InChI is InChI=1S/C18H17FN4O/c19-16-4-1-3-14(11-16)5-6-18(24)21-13-15-7-9-20-17(12-15)23-10-2-8-22-23/h1-4,7-12H,5-6,13H2,(H,21,24). The molecule has 1 amide bonds. The minimum absolute atomic E-state index is 0.0725. The number of aryl methyl sites for hydroxylation is 1. The molecule has 0 saturated carbocycles. The second kappa shape index (κ2) is 7.50. The zero-order valence-corrected chi connectivity index (χ0v) is 13.0. The Labute approximate surface area is 139 Å². The highest BCUT2D eigenvalue weighted by molar-refractivity contribution is 5.76. The van der Waals surface area contributed by atoms with Crippen LogP contribution in [0.3, 0.4) is 0 Å². The Morgan fingerprint density at radius 3 is 2.83 bits per heavy atom. The van der Waals surface area contributed by atoms with Crippen LogP contribution in [0.4, 0.5) is 4.39 Å². The number of aromatic nitrogens is 3. The number of rotatable bonds is 6. The Hall–Kier alpha value is -3.02. The summed E-state index contributed by atoms with van der Waals surface area (Å²) in [7, 11) is 0. The molecule has 1 aromatic carbocycles. The molecule has 0 aliphatic rings. The Bertz CT molecular complexity index is 817. The maximum Gasteiger partial charge on any atom is 0.220 e. The van der Waals surface area contributed by atoms with Crippen molar-refractivity contribution in [2.24, 2.45) is 0 Å². The minimum atomic E-state index is -0.282. The van der Waals surface area contributed by atoms with Gasteiger partial charge in [-0.3, -0.25) is 4.79 Å². The Kier molecular flexibility index (Phi) is 4.96. The summed E-state index contributed by atoms with van der Waals surface area (Å²) in [6, 6.07) is 11.9. The van der Waals surface area contributed by atoms with Gasteiger partial charge in [-0.05, 0) is 47.9 Å². The monoisotopic (exact) mass is 324 g/mol. The average molecular weight is 324 g/mol. The van der Waals surface area contributed by atoms with E-state index in [1.165, 1.54) is 12.1 Å². The molecule has 1 N–H and O–H groups in total. The fraction of sp³-hybridized carbons (Fsp3) is 0.167. The third-order valence-electron chi connectivity index (χ3n) is 3.57. The van der Waals surface area contributed by atoms with E-state index in [0.717, 1.165) is 11.1 Å². The van der Waals surface area contributed by atoms with Gasteiger partial charge < -0.3 is 5.32 Å². The van der Waals surface area contributed by atoms with Crippen LogP contribution in [0.25, 0.3) is 5.82 Å². The quantitative estimate of drug-likeness (QED) is 0.758. The Balaban J connectivity index is 1.52. The van der Waals surface area contributed by atoms with E-state index in [-0.39, 0.29) is 11.7 Å². The number of pyridine rings is 1. The van der Waals surface area contributed by atoms with Gasteiger partial charge in [-0.1, -0.05) is 12.1 Å². The molecule has 0 aliphatic heterocycles. The zero-order valence-electron chi connectivity index (χ0n) is 13.0. The van der Waals surface area contributed by atoms with E-state index in [9.17, 15) is 9.18 Å². The van der Waals surface area contributed by atoms with Crippen molar-refractivity contribution in [1.82, 2.24) is 20.1 Å². The number of amides is 1. The molecule has 0 aliphatic carbocycles. The van der Waals surface area contributed by atoms with Gasteiger partial charge in [0.15, 0.2) is 5.82 Å². The van der Waals surface area contributed by atoms with Crippen LogP contribution in [0.15, 0.2) is 61.1 Å². The molecule has 0 atom stereocenters. The molecule has 0 saturated heterocycles. The van der Waals surface area contributed by atoms with Crippen LogP contribution in [0.2, 0.25) is 0 Å². The molecule has 0 spiro atoms. The number of carbonyl (C=O) groups excluding carboxylic acids is 1. The van der Waals surface area contributed by atoms with Crippen LogP contribution >= 0.6 is 0 Å². The fourth-order valence-electron chi connectivity index (χ4n) is 2.34. The number of nitrogens with zero attached hydrogens (tertiary/aromatic N) is 3. The van der Waals surface area contributed by atoms with Crippen molar-refractivity contribution in [2.75, 3.05) is 0 Å². The Morgan fingerprint density at radius 2 is 2.04 bits per heavy atom. The summed E-state index contributed by atoms with van der Waals surface area (Å²) in [6.07, 6.45) is 6.01. The highest BCUT2D eigenvalue weighted by Crippen LogP contribution is 2.08. The lowest BCUT2D eigenvalue weighted by Gasteiger charge is -2.07. The number of hydrogen-bond acceptors (Lipinski definition) is 3. The molecular formula is C18H17FN4O. The van der Waals surface area contributed by atoms with Gasteiger partial charge in [0.25, 0.3) is 0 Å². The second-order valence-electron chi connectivity index (χ2n) is 5.38. The number of benzene rings is 1. The van der Waals surface area contributed by atoms with Crippen LogP contribution in [0, 0.1) is 5.82 Å². The maximum absolute atomic E-state index is 13.1. The van der Waals surface area contributed by atoms with Crippen molar-refractivity contribution in [3.8, 4) is 5.82 Å². The van der Waals surface area contributed by atoms with Gasteiger partial charge in [-0.25, -0.2) is 14.1 Å². The van der Waals surface area contributed by atoms with Crippen molar-refractivity contribution >= 4 is 5.91 Å². The highest BCUT2D eigenvalue weighted by Gasteiger charge is 2.05. The van der Waals surface area contributed by atoms with Crippen LogP contribution in [-0.2, 0) is 17.8 Å². The van der Waals surface area contributed by atoms with Gasteiger partial charge in [-0.2, -0.15) is 5.10 Å². The first-order valence-electron chi connectivity index (χ1n) is 7.67. The van der Waals surface area contributed by atoms with Crippen molar-refractivity contribution in [3.63, 3.8) is 0 Å². The molecule has 0 bridgehead atoms. The van der Waals surface area contributed by atoms with Crippen molar-refractivity contribution in [2.45, 2.75) is 19.4 Å². The van der Waals surface area contributed by atoms with E-state index in [4.69, 9.17) is 0 Å². The van der Waals surface area contributed by atoms with Gasteiger partial charge in [0, 0.05) is 31.6 Å². The molecule has 3 aromatic rings. The average Bonchev–Trinajstić information content (AvgIpc) is 3.13. The third kappa shape index (κ3) is 4.25. The number of hydrogen-bond donors (Lipinski definition) is 1. The van der Waals surface area contributed by atoms with Gasteiger partial charge in [0.1, 0.15) is 5.82 Å². The molecular weight excluding hydrogens is 307 g/mol. The predicted molar refractivity (Wildman–Crippen MR) is 87.9 cm³/mol. The number of carbonyl (C=O) groups is 1. The van der Waals surface area contributed by atoms with Gasteiger partial charge >= 0.3 is 0 Å². The van der Waals surface area contributed by atoms with Crippen LogP contribution in [0.1, 0.15) is 17.5 Å². The van der Waals surface area contributed by atoms with E-state index >= 15 is 0 Å². The van der Waals surface area contributed by atoms with Gasteiger partial charge in [0.2, 0.25) is 5.91 Å². The number of halogens is 1. The molecule has 2 heterocycles. The third-order valence-corrected chi connectivity index (χ3v) is 3.57. The lowest BCUT2D eigenvalue weighted by molar-refractivity contribution is -0.121. The van der Waals surface area contributed by atoms with Gasteiger partial charge in [0.05, 0.1) is 0 Å². The molecule has 24 heavy (non-hydrogen) atoms. The van der Waals surface area contributed by atoms with Crippen molar-refractivity contribution in [3.05, 3.63) is 78.0 Å². The van der Waals surface area contributed by atoms with Crippen LogP contribution in [0.5, 0.6) is 0 Å². The fourth-order valence-corrected chi connectivity index (χ4v) is 2.34. The molecule has 0 radical (unpaired) electrons. The lowest BCUT2D eigenvalue weighted by Crippen LogP contribution is -2.23. The summed E-state index contributed by atoms with van der Waals surface area (Å²) in [5.74, 6) is 0.346. The summed E-state index contributed by atoms with van der Waals surface area (Å²) in [4.78, 5) is 16.2. The normalized spacial score (nSPS) is 10.5. The smallest absolute Gasteiger partial charge is 0.220 e. The van der Waals surface area contributed by atoms with Crippen molar-refractivity contribution in [1.29, 1.82) is 0 Å². The van der Waals surface area contributed by atoms with Gasteiger partial charge in [-0.15, -0.1) is 0 Å². The summed E-state index contributed by atoms with van der Waals surface area (Å²) in [6.45, 7) is 0.415. The molecule has 122 valence electrons. The summed E-state index contributed by atoms with van der Waals surface area (Å²) < 4.78 is 14.8. The molecule has 5 nitrogen and oxygen atoms in total. The molecule has 0 unspecified atom stereocenters. The second-order valence-corrected chi connectivity index (χ2v) is 5.38. The molecule has 6 heteroatoms. The first-order chi connectivity index (χ1) is 11.7. The summed E-state index contributed by atoms with van der Waals surface area (Å²) in [5.41, 5.74) is 1.75.